The van der Waals surface area contributed by atoms with Crippen LogP contribution in [-0.4, -0.2) is 61.5 Å². The van der Waals surface area contributed by atoms with Crippen molar-refractivity contribution in [2.75, 3.05) is 13.2 Å². The van der Waals surface area contributed by atoms with E-state index in [-0.39, 0.29) is 18.7 Å². The molecule has 4 atom stereocenters. The minimum atomic E-state index is -3.35. The van der Waals surface area contributed by atoms with E-state index in [0.29, 0.717) is 17.7 Å². The Hall–Kier alpha value is -2.48. The number of nitrogens with one attached hydrogen (secondary N) is 1. The molecule has 4 aromatic rings. The van der Waals surface area contributed by atoms with Gasteiger partial charge in [-0.05, 0) is 80.1 Å². The van der Waals surface area contributed by atoms with Crippen LogP contribution in [0.3, 0.4) is 0 Å². The van der Waals surface area contributed by atoms with E-state index in [1.54, 1.807) is 21.8 Å². The maximum Gasteiger partial charge on any atom is 0.322 e. The van der Waals surface area contributed by atoms with Gasteiger partial charge in [0.25, 0.3) is 0 Å². The molecular weight excluding hydrogens is 621 g/mol. The Morgan fingerprint density at radius 1 is 0.955 bits per heavy atom. The summed E-state index contributed by atoms with van der Waals surface area (Å²) >= 11 is 2.43. The van der Waals surface area contributed by atoms with Crippen LogP contribution in [0.4, 0.5) is 0 Å². The fourth-order valence-electron chi connectivity index (χ4n) is 5.37. The Morgan fingerprint density at radius 3 is 2.27 bits per heavy atom. The van der Waals surface area contributed by atoms with Gasteiger partial charge in [0.15, 0.2) is 23.1 Å². The standard InChI is InChI=1S/C30H36N5O6PS2/c1-30(2)40-25-23(18-38-42(37,43-21-12-6-3-7-13-21)44-22-14-8-4-9-15-22)39-29(26(25)41-30)35-20-32-24-27(31)34(19-33-28(24)35)16-10-5-11-17-36/h3-4,6-9,12-15,19-20,23,25-26,29,31,36H,5,10-11,16-18H2,1-2H3/t23-,25-,26-,29-/m1/s1. The van der Waals surface area contributed by atoms with E-state index >= 15 is 0 Å². The number of rotatable bonds is 13. The minimum absolute atomic E-state index is 0.0195. The van der Waals surface area contributed by atoms with Crippen molar-refractivity contribution in [3.63, 3.8) is 0 Å². The number of hydrogen-bond donors (Lipinski definition) is 2. The van der Waals surface area contributed by atoms with Crippen LogP contribution in [0.15, 0.2) is 83.1 Å². The number of unbranched alkanes of at least 4 members (excludes halogenated alkanes) is 2. The van der Waals surface area contributed by atoms with Gasteiger partial charge < -0.3 is 28.4 Å². The average molecular weight is 658 g/mol. The summed E-state index contributed by atoms with van der Waals surface area (Å²) in [5.74, 6) is -4.21. The number of ether oxygens (including phenoxy) is 3. The van der Waals surface area contributed by atoms with E-state index in [9.17, 15) is 4.57 Å². The molecule has 0 aliphatic carbocycles. The highest BCUT2D eigenvalue weighted by atomic mass is 33.1. The molecule has 11 nitrogen and oxygen atoms in total. The van der Waals surface area contributed by atoms with Crippen LogP contribution in [0.25, 0.3) is 11.2 Å². The van der Waals surface area contributed by atoms with Crippen molar-refractivity contribution < 1.29 is 28.4 Å². The highest BCUT2D eigenvalue weighted by molar-refractivity contribution is 8.89. The van der Waals surface area contributed by atoms with Crippen LogP contribution in [0, 0.1) is 5.41 Å². The van der Waals surface area contributed by atoms with Gasteiger partial charge in [0.1, 0.15) is 23.8 Å². The second-order valence-electron chi connectivity index (χ2n) is 11.1. The van der Waals surface area contributed by atoms with Crippen molar-refractivity contribution in [1.29, 1.82) is 5.41 Å². The third kappa shape index (κ3) is 7.00. The lowest BCUT2D eigenvalue weighted by molar-refractivity contribution is -0.198. The maximum atomic E-state index is 14.3. The van der Waals surface area contributed by atoms with Crippen LogP contribution in [-0.2, 0) is 29.8 Å². The van der Waals surface area contributed by atoms with Gasteiger partial charge in [-0.1, -0.05) is 36.4 Å². The van der Waals surface area contributed by atoms with E-state index in [1.807, 2.05) is 74.5 Å². The highest BCUT2D eigenvalue weighted by Gasteiger charge is 2.56. The molecule has 2 aliphatic rings. The third-order valence-corrected chi connectivity index (χ3v) is 13.8. The van der Waals surface area contributed by atoms with E-state index in [1.165, 1.54) is 22.8 Å². The molecular formula is C30H36N5O6PS2. The van der Waals surface area contributed by atoms with Gasteiger partial charge in [0.05, 0.1) is 19.3 Å². The number of fused-ring (bicyclic) bond motifs is 2. The summed E-state index contributed by atoms with van der Waals surface area (Å²) in [5.41, 5.74) is 1.22. The molecule has 44 heavy (non-hydrogen) atoms. The zero-order valence-electron chi connectivity index (χ0n) is 24.5. The molecule has 2 aliphatic heterocycles. The van der Waals surface area contributed by atoms with Crippen LogP contribution in [0.5, 0.6) is 0 Å². The van der Waals surface area contributed by atoms with E-state index in [4.69, 9.17) is 29.3 Å². The molecule has 0 spiro atoms. The van der Waals surface area contributed by atoms with Crippen molar-refractivity contribution in [1.82, 2.24) is 19.1 Å². The number of hydrogen-bond acceptors (Lipinski definition) is 11. The van der Waals surface area contributed by atoms with Gasteiger partial charge in [-0.15, -0.1) is 0 Å². The second kappa shape index (κ2) is 13.5. The van der Waals surface area contributed by atoms with Gasteiger partial charge in [0.2, 0.25) is 0 Å². The molecule has 0 bridgehead atoms. The van der Waals surface area contributed by atoms with Crippen molar-refractivity contribution in [2.24, 2.45) is 0 Å². The lowest BCUT2D eigenvalue weighted by Gasteiger charge is -2.25. The minimum Gasteiger partial charge on any atom is -0.396 e. The van der Waals surface area contributed by atoms with Crippen molar-refractivity contribution in [2.45, 2.75) is 79.8 Å². The van der Waals surface area contributed by atoms with Gasteiger partial charge in [-0.2, -0.15) is 0 Å². The summed E-state index contributed by atoms with van der Waals surface area (Å²) in [6.45, 7) is 4.51. The van der Waals surface area contributed by atoms with E-state index in [0.717, 1.165) is 29.1 Å². The lowest BCUT2D eigenvalue weighted by atomic mass is 10.1. The lowest BCUT2D eigenvalue weighted by Crippen LogP contribution is -2.32. The first kappa shape index (κ1) is 31.5. The van der Waals surface area contributed by atoms with Crippen molar-refractivity contribution >= 4 is 39.7 Å². The molecule has 2 aromatic heterocycles. The monoisotopic (exact) mass is 657 g/mol. The number of benzene rings is 2. The number of aromatic nitrogens is 4. The van der Waals surface area contributed by atoms with Crippen LogP contribution in [0.2, 0.25) is 0 Å². The quantitative estimate of drug-likeness (QED) is 0.130. The fraction of sp³-hybridized carbons (Fsp3) is 0.433. The number of aliphatic hydroxyl groups is 1. The predicted octanol–water partition coefficient (Wildman–Crippen LogP) is 6.00. The second-order valence-corrected chi connectivity index (χ2v) is 18.2. The largest absolute Gasteiger partial charge is 0.396 e. The molecule has 2 saturated heterocycles. The summed E-state index contributed by atoms with van der Waals surface area (Å²) in [4.78, 5) is 10.8. The first-order chi connectivity index (χ1) is 21.3. The normalized spacial score (nSPS) is 22.9. The van der Waals surface area contributed by atoms with Crippen molar-refractivity contribution in [3.8, 4) is 0 Å². The molecule has 2 N–H and O–H groups in total. The van der Waals surface area contributed by atoms with Crippen molar-refractivity contribution in [3.05, 3.63) is 78.8 Å². The number of aliphatic hydroxyl groups excluding tert-OH is 1. The zero-order chi connectivity index (χ0) is 30.7. The first-order valence-electron chi connectivity index (χ1n) is 14.6. The van der Waals surface area contributed by atoms with Crippen LogP contribution >= 0.6 is 28.5 Å². The summed E-state index contributed by atoms with van der Waals surface area (Å²) in [6.07, 6.45) is 3.48. The first-order valence-corrected chi connectivity index (χ1v) is 19.0. The fourth-order valence-corrected chi connectivity index (χ4v) is 11.9. The summed E-state index contributed by atoms with van der Waals surface area (Å²) in [6, 6.07) is 19.1. The molecule has 0 amide bonds. The summed E-state index contributed by atoms with van der Waals surface area (Å²) in [5, 5.41) is 17.8. The Balaban J connectivity index is 1.23. The number of aryl methyl sites for hydroxylation is 1. The van der Waals surface area contributed by atoms with Crippen LogP contribution in [0.1, 0.15) is 39.3 Å². The highest BCUT2D eigenvalue weighted by Crippen LogP contribution is 2.74. The molecule has 0 saturated carbocycles. The number of nitrogens with zero attached hydrogens (tertiary/aromatic N) is 4. The Bertz CT molecular complexity index is 1630. The summed E-state index contributed by atoms with van der Waals surface area (Å²) < 4.78 is 43.2. The van der Waals surface area contributed by atoms with Gasteiger partial charge in [-0.25, -0.2) is 9.97 Å². The molecule has 0 radical (unpaired) electrons. The zero-order valence-corrected chi connectivity index (χ0v) is 27.0. The molecule has 6 rings (SSSR count). The summed E-state index contributed by atoms with van der Waals surface area (Å²) in [7, 11) is 0. The van der Waals surface area contributed by atoms with Gasteiger partial charge >= 0.3 is 5.77 Å². The van der Waals surface area contributed by atoms with Gasteiger partial charge in [-0.3, -0.25) is 14.5 Å². The molecule has 4 heterocycles. The maximum absolute atomic E-state index is 14.3. The molecule has 14 heteroatoms. The smallest absolute Gasteiger partial charge is 0.322 e. The average Bonchev–Trinajstić information content (AvgIpc) is 3.67. The van der Waals surface area contributed by atoms with Gasteiger partial charge in [0, 0.05) is 22.9 Å². The Morgan fingerprint density at radius 2 is 1.61 bits per heavy atom. The topological polar surface area (TPSA) is 134 Å². The molecule has 2 fully saturated rings. The molecule has 2 aromatic carbocycles. The molecule has 0 unspecified atom stereocenters. The SMILES string of the molecule is CC1(C)O[C@@H]2[C@H](O1)[C@@H](COP(=O)(Sc1ccccc1)Sc1ccccc1)O[C@H]2n1cnc2c(=N)n(CCCCCO)cnc21. The Kier molecular flexibility index (Phi) is 9.65. The molecule has 234 valence electrons. The predicted molar refractivity (Wildman–Crippen MR) is 168 cm³/mol. The van der Waals surface area contributed by atoms with Crippen LogP contribution < -0.4 is 5.49 Å². The number of imidazole rings is 1. The van der Waals surface area contributed by atoms with E-state index < -0.39 is 36.1 Å². The Labute approximate surface area is 263 Å². The van der Waals surface area contributed by atoms with E-state index in [2.05, 4.69) is 9.97 Å². The third-order valence-electron chi connectivity index (χ3n) is 7.37.